The maximum Gasteiger partial charge on any atom is 0.126 e. The lowest BCUT2D eigenvalue weighted by atomic mass is 9.98. The molecule has 0 aliphatic rings. The molecule has 0 aliphatic heterocycles. The minimum Gasteiger partial charge on any atom is -0.496 e. The predicted molar refractivity (Wildman–Crippen MR) is 83.6 cm³/mol. The summed E-state index contributed by atoms with van der Waals surface area (Å²) < 4.78 is 5.39. The number of benzene rings is 2. The standard InChI is InChI=1S/C18H20O2/c1-13(16-9-6-7-11-18(16)20-3)12-15-8-4-5-10-17(15)14(2)19/h4-12,14,19H,1-3H3/b13-12-. The van der Waals surface area contributed by atoms with Gasteiger partial charge in [0.25, 0.3) is 0 Å². The van der Waals surface area contributed by atoms with Gasteiger partial charge in [0.05, 0.1) is 13.2 Å². The van der Waals surface area contributed by atoms with E-state index >= 15 is 0 Å². The van der Waals surface area contributed by atoms with E-state index < -0.39 is 6.10 Å². The lowest BCUT2D eigenvalue weighted by Crippen LogP contribution is -1.95. The van der Waals surface area contributed by atoms with Gasteiger partial charge in [0, 0.05) is 5.56 Å². The SMILES string of the molecule is COc1ccccc1/C(C)=C\c1ccccc1C(C)O. The lowest BCUT2D eigenvalue weighted by Gasteiger charge is -2.12. The number of ether oxygens (including phenoxy) is 1. The molecule has 2 heteroatoms. The van der Waals surface area contributed by atoms with Crippen molar-refractivity contribution < 1.29 is 9.84 Å². The van der Waals surface area contributed by atoms with Crippen molar-refractivity contribution in [1.29, 1.82) is 0 Å². The first-order chi connectivity index (χ1) is 9.63. The Hall–Kier alpha value is -2.06. The van der Waals surface area contributed by atoms with Crippen LogP contribution in [0.15, 0.2) is 48.5 Å². The second kappa shape index (κ2) is 6.40. The van der Waals surface area contributed by atoms with E-state index in [1.54, 1.807) is 14.0 Å². The van der Waals surface area contributed by atoms with Gasteiger partial charge in [-0.15, -0.1) is 0 Å². The molecule has 1 unspecified atom stereocenters. The van der Waals surface area contributed by atoms with Gasteiger partial charge < -0.3 is 9.84 Å². The summed E-state index contributed by atoms with van der Waals surface area (Å²) in [4.78, 5) is 0. The Kier molecular flexibility index (Phi) is 4.59. The van der Waals surface area contributed by atoms with Crippen LogP contribution in [0.1, 0.15) is 36.6 Å². The van der Waals surface area contributed by atoms with Crippen molar-refractivity contribution in [3.8, 4) is 5.75 Å². The molecule has 2 aromatic rings. The minimum absolute atomic E-state index is 0.479. The second-order valence-corrected chi connectivity index (χ2v) is 4.83. The number of methoxy groups -OCH3 is 1. The Morgan fingerprint density at radius 3 is 2.45 bits per heavy atom. The number of allylic oxidation sites excluding steroid dienone is 1. The number of hydrogen-bond donors (Lipinski definition) is 1. The van der Waals surface area contributed by atoms with Gasteiger partial charge in [0.2, 0.25) is 0 Å². The average Bonchev–Trinajstić information content (AvgIpc) is 2.47. The fraction of sp³-hybridized carbons (Fsp3) is 0.222. The molecule has 20 heavy (non-hydrogen) atoms. The van der Waals surface area contributed by atoms with Gasteiger partial charge in [0.15, 0.2) is 0 Å². The van der Waals surface area contributed by atoms with Gasteiger partial charge in [-0.1, -0.05) is 48.5 Å². The van der Waals surface area contributed by atoms with Crippen LogP contribution in [-0.2, 0) is 0 Å². The molecule has 0 amide bonds. The summed E-state index contributed by atoms with van der Waals surface area (Å²) in [6.45, 7) is 3.84. The maximum atomic E-state index is 9.83. The van der Waals surface area contributed by atoms with E-state index in [0.29, 0.717) is 0 Å². The molecule has 0 saturated heterocycles. The summed E-state index contributed by atoms with van der Waals surface area (Å²) >= 11 is 0. The predicted octanol–water partition coefficient (Wildman–Crippen LogP) is 4.31. The van der Waals surface area contributed by atoms with Crippen LogP contribution in [0.2, 0.25) is 0 Å². The first-order valence-electron chi connectivity index (χ1n) is 6.72. The second-order valence-electron chi connectivity index (χ2n) is 4.83. The zero-order valence-electron chi connectivity index (χ0n) is 12.1. The van der Waals surface area contributed by atoms with Crippen molar-refractivity contribution in [3.05, 3.63) is 65.2 Å². The van der Waals surface area contributed by atoms with E-state index in [1.807, 2.05) is 48.5 Å². The fourth-order valence-electron chi connectivity index (χ4n) is 2.30. The van der Waals surface area contributed by atoms with E-state index in [4.69, 9.17) is 4.74 Å². The molecule has 1 atom stereocenters. The number of hydrogen-bond acceptors (Lipinski definition) is 2. The van der Waals surface area contributed by atoms with Crippen LogP contribution in [-0.4, -0.2) is 12.2 Å². The number of para-hydroxylation sites is 1. The van der Waals surface area contributed by atoms with Gasteiger partial charge in [-0.2, -0.15) is 0 Å². The van der Waals surface area contributed by atoms with Crippen LogP contribution >= 0.6 is 0 Å². The number of aliphatic hydroxyl groups is 1. The number of rotatable bonds is 4. The summed E-state index contributed by atoms with van der Waals surface area (Å²) in [5.41, 5.74) is 4.14. The van der Waals surface area contributed by atoms with E-state index in [-0.39, 0.29) is 0 Å². The molecule has 0 saturated carbocycles. The third kappa shape index (κ3) is 3.09. The van der Waals surface area contributed by atoms with Gasteiger partial charge in [0.1, 0.15) is 5.75 Å². The van der Waals surface area contributed by atoms with Crippen LogP contribution in [0.3, 0.4) is 0 Å². The van der Waals surface area contributed by atoms with Crippen molar-refractivity contribution >= 4 is 11.6 Å². The highest BCUT2D eigenvalue weighted by Crippen LogP contribution is 2.28. The normalized spacial score (nSPS) is 13.1. The first-order valence-corrected chi connectivity index (χ1v) is 6.72. The molecular formula is C18H20O2. The van der Waals surface area contributed by atoms with Crippen LogP contribution in [0.4, 0.5) is 0 Å². The quantitative estimate of drug-likeness (QED) is 0.837. The van der Waals surface area contributed by atoms with Crippen molar-refractivity contribution in [2.24, 2.45) is 0 Å². The summed E-state index contributed by atoms with van der Waals surface area (Å²) in [6.07, 6.45) is 1.60. The van der Waals surface area contributed by atoms with E-state index in [1.165, 1.54) is 0 Å². The Bertz CT molecular complexity index is 612. The highest BCUT2D eigenvalue weighted by Gasteiger charge is 2.07. The molecule has 2 rings (SSSR count). The molecule has 0 spiro atoms. The molecule has 104 valence electrons. The molecule has 0 radical (unpaired) electrons. The molecule has 0 heterocycles. The van der Waals surface area contributed by atoms with Gasteiger partial charge >= 0.3 is 0 Å². The molecule has 0 bridgehead atoms. The van der Waals surface area contributed by atoms with Gasteiger partial charge in [-0.05, 0) is 36.6 Å². The van der Waals surface area contributed by atoms with Crippen molar-refractivity contribution in [3.63, 3.8) is 0 Å². The monoisotopic (exact) mass is 268 g/mol. The average molecular weight is 268 g/mol. The van der Waals surface area contributed by atoms with Crippen molar-refractivity contribution in [2.75, 3.05) is 7.11 Å². The van der Waals surface area contributed by atoms with Crippen molar-refractivity contribution in [1.82, 2.24) is 0 Å². The lowest BCUT2D eigenvalue weighted by molar-refractivity contribution is 0.199. The van der Waals surface area contributed by atoms with E-state index in [2.05, 4.69) is 13.0 Å². The van der Waals surface area contributed by atoms with E-state index in [0.717, 1.165) is 28.0 Å². The first kappa shape index (κ1) is 14.4. The van der Waals surface area contributed by atoms with E-state index in [9.17, 15) is 5.11 Å². The molecule has 0 fully saturated rings. The number of aliphatic hydroxyl groups excluding tert-OH is 1. The summed E-state index contributed by atoms with van der Waals surface area (Å²) in [7, 11) is 1.68. The molecule has 0 aromatic heterocycles. The third-order valence-corrected chi connectivity index (χ3v) is 3.35. The third-order valence-electron chi connectivity index (χ3n) is 3.35. The van der Waals surface area contributed by atoms with Gasteiger partial charge in [-0.3, -0.25) is 0 Å². The Morgan fingerprint density at radius 2 is 1.75 bits per heavy atom. The molecular weight excluding hydrogens is 248 g/mol. The highest BCUT2D eigenvalue weighted by atomic mass is 16.5. The highest BCUT2D eigenvalue weighted by molar-refractivity contribution is 5.83. The van der Waals surface area contributed by atoms with Crippen molar-refractivity contribution in [2.45, 2.75) is 20.0 Å². The zero-order chi connectivity index (χ0) is 14.5. The molecule has 1 N–H and O–H groups in total. The van der Waals surface area contributed by atoms with Crippen LogP contribution in [0.5, 0.6) is 5.75 Å². The molecule has 2 nitrogen and oxygen atoms in total. The van der Waals surface area contributed by atoms with Crippen LogP contribution in [0, 0.1) is 0 Å². The largest absolute Gasteiger partial charge is 0.496 e. The maximum absolute atomic E-state index is 9.83. The minimum atomic E-state index is -0.479. The Balaban J connectivity index is 2.45. The Morgan fingerprint density at radius 1 is 1.10 bits per heavy atom. The van der Waals surface area contributed by atoms with Gasteiger partial charge in [-0.25, -0.2) is 0 Å². The molecule has 2 aromatic carbocycles. The zero-order valence-corrected chi connectivity index (χ0v) is 12.1. The summed E-state index contributed by atoms with van der Waals surface area (Å²) in [5.74, 6) is 0.857. The van der Waals surface area contributed by atoms with Crippen LogP contribution < -0.4 is 4.74 Å². The Labute approximate surface area is 120 Å². The summed E-state index contributed by atoms with van der Waals surface area (Å²) in [5, 5.41) is 9.83. The summed E-state index contributed by atoms with van der Waals surface area (Å²) in [6, 6.07) is 15.8. The van der Waals surface area contributed by atoms with Crippen LogP contribution in [0.25, 0.3) is 11.6 Å². The smallest absolute Gasteiger partial charge is 0.126 e. The topological polar surface area (TPSA) is 29.5 Å². The molecule has 0 aliphatic carbocycles. The fourth-order valence-corrected chi connectivity index (χ4v) is 2.30.